The molecule has 0 heterocycles. The third kappa shape index (κ3) is 4.77. The summed E-state index contributed by atoms with van der Waals surface area (Å²) in [7, 11) is 2.60. The fraction of sp³-hybridized carbons (Fsp3) is 1.00. The third-order valence-corrected chi connectivity index (χ3v) is 6.41. The van der Waals surface area contributed by atoms with Gasteiger partial charge < -0.3 is 14.2 Å². The molecule has 5 atom stereocenters. The van der Waals surface area contributed by atoms with E-state index in [1.54, 1.807) is 13.8 Å². The van der Waals surface area contributed by atoms with Gasteiger partial charge in [0.05, 0.1) is 31.7 Å². The molecule has 1 fully saturated rings. The van der Waals surface area contributed by atoms with Crippen LogP contribution in [0.1, 0.15) is 40.5 Å². The molecule has 20 heavy (non-hydrogen) atoms. The molecule has 0 aromatic rings. The first-order valence-corrected chi connectivity index (χ1v) is 9.56. The van der Waals surface area contributed by atoms with Crippen molar-refractivity contribution < 1.29 is 18.7 Å². The number of rotatable bonds is 6. The first-order chi connectivity index (χ1) is 9.20. The minimum atomic E-state index is -3.32. The van der Waals surface area contributed by atoms with E-state index < -0.39 is 19.8 Å². The van der Waals surface area contributed by atoms with Crippen LogP contribution < -0.4 is 0 Å². The van der Waals surface area contributed by atoms with Crippen LogP contribution in [0, 0.1) is 11.8 Å². The molecular weight excluding hydrogens is 294 g/mol. The second-order valence-electron chi connectivity index (χ2n) is 6.12. The van der Waals surface area contributed by atoms with Gasteiger partial charge in [0.2, 0.25) is 0 Å². The van der Waals surface area contributed by atoms with Crippen molar-refractivity contribution >= 4 is 28.1 Å². The highest BCUT2D eigenvalue weighted by molar-refractivity contribution is 7.88. The van der Waals surface area contributed by atoms with Crippen molar-refractivity contribution in [1.82, 2.24) is 0 Å². The van der Waals surface area contributed by atoms with Crippen LogP contribution in [0.4, 0.5) is 0 Å². The summed E-state index contributed by atoms with van der Waals surface area (Å²) in [5, 5.41) is 10.3. The molecule has 1 aliphatic rings. The van der Waals surface area contributed by atoms with Crippen LogP contribution in [-0.2, 0) is 13.6 Å². The minimum absolute atomic E-state index is 0.00550. The van der Waals surface area contributed by atoms with Gasteiger partial charge in [-0.3, -0.25) is 4.57 Å². The van der Waals surface area contributed by atoms with E-state index in [9.17, 15) is 9.67 Å². The minimum Gasteiger partial charge on any atom is -0.391 e. The Morgan fingerprint density at radius 1 is 1.35 bits per heavy atom. The Labute approximate surface area is 129 Å². The highest BCUT2D eigenvalue weighted by Crippen LogP contribution is 2.54. The van der Waals surface area contributed by atoms with Gasteiger partial charge in [0.25, 0.3) is 0 Å². The third-order valence-electron chi connectivity index (χ3n) is 3.71. The topological polar surface area (TPSA) is 55.8 Å². The van der Waals surface area contributed by atoms with Gasteiger partial charge in [0.15, 0.2) is 0 Å². The smallest absolute Gasteiger partial charge is 0.340 e. The van der Waals surface area contributed by atoms with Crippen LogP contribution in [0.2, 0.25) is 5.82 Å². The monoisotopic (exact) mass is 320 g/mol. The zero-order chi connectivity index (χ0) is 15.5. The van der Waals surface area contributed by atoms with Crippen molar-refractivity contribution in [2.45, 2.75) is 64.7 Å². The Hall–Kier alpha value is 0.525. The predicted molar refractivity (Wildman–Crippen MR) is 85.6 cm³/mol. The van der Waals surface area contributed by atoms with E-state index in [2.05, 4.69) is 26.5 Å². The van der Waals surface area contributed by atoms with Crippen molar-refractivity contribution in [3.8, 4) is 0 Å². The maximum atomic E-state index is 12.6. The molecule has 7 heteroatoms. The van der Waals surface area contributed by atoms with E-state index in [4.69, 9.17) is 16.9 Å². The Morgan fingerprint density at radius 2 is 1.95 bits per heavy atom. The standard InChI is InChI=1S/C13H26BO4PS/c1-8(2)10-5-6-11(14)12(15)13(10)18-19(16,7-20)17-9(3)4/h8-13,15,20H,5-7H2,1-4H3. The Balaban J connectivity index is 2.90. The molecule has 0 aromatic heterocycles. The maximum absolute atomic E-state index is 12.6. The summed E-state index contributed by atoms with van der Waals surface area (Å²) < 4.78 is 23.7. The molecule has 2 radical (unpaired) electrons. The van der Waals surface area contributed by atoms with Crippen molar-refractivity contribution in [3.63, 3.8) is 0 Å². The fourth-order valence-corrected chi connectivity index (χ4v) is 4.55. The molecule has 1 N–H and O–H groups in total. The number of hydrogen-bond acceptors (Lipinski definition) is 5. The van der Waals surface area contributed by atoms with Crippen molar-refractivity contribution in [1.29, 1.82) is 0 Å². The molecule has 1 rings (SSSR count). The number of aliphatic hydroxyl groups excluding tert-OH is 1. The average Bonchev–Trinajstić information content (AvgIpc) is 2.34. The molecular formula is C13H26BO4PS. The highest BCUT2D eigenvalue weighted by Gasteiger charge is 2.42. The number of hydrogen-bond donors (Lipinski definition) is 2. The maximum Gasteiger partial charge on any atom is 0.340 e. The van der Waals surface area contributed by atoms with Crippen LogP contribution in [0.3, 0.4) is 0 Å². The summed E-state index contributed by atoms with van der Waals surface area (Å²) in [6.45, 7) is 7.73. The van der Waals surface area contributed by atoms with Crippen LogP contribution in [0.25, 0.3) is 0 Å². The number of aliphatic hydroxyl groups is 1. The molecule has 1 aliphatic carbocycles. The largest absolute Gasteiger partial charge is 0.391 e. The Kier molecular flexibility index (Phi) is 7.14. The molecule has 0 bridgehead atoms. The van der Waals surface area contributed by atoms with Gasteiger partial charge in [0, 0.05) is 0 Å². The van der Waals surface area contributed by atoms with Gasteiger partial charge >= 0.3 is 7.60 Å². The Bertz CT molecular complexity index is 353. The summed E-state index contributed by atoms with van der Waals surface area (Å²) in [5.74, 6) is 0.0887. The lowest BCUT2D eigenvalue weighted by atomic mass is 9.66. The van der Waals surface area contributed by atoms with Gasteiger partial charge in [-0.25, -0.2) is 0 Å². The molecule has 4 nitrogen and oxygen atoms in total. The average molecular weight is 320 g/mol. The molecule has 0 spiro atoms. The van der Waals surface area contributed by atoms with Crippen molar-refractivity contribution in [2.24, 2.45) is 11.8 Å². The number of thiol groups is 1. The van der Waals surface area contributed by atoms with Gasteiger partial charge in [-0.2, -0.15) is 12.6 Å². The molecule has 0 aliphatic heterocycles. The Morgan fingerprint density at radius 3 is 2.40 bits per heavy atom. The van der Waals surface area contributed by atoms with Crippen LogP contribution >= 0.6 is 20.2 Å². The summed E-state index contributed by atoms with van der Waals surface area (Å²) in [5.41, 5.74) is -0.00550. The first kappa shape index (κ1) is 18.6. The SMILES string of the molecule is [B]C1CCC(C(C)C)C(OP(=O)(CS)OC(C)C)C1O. The lowest BCUT2D eigenvalue weighted by Gasteiger charge is -2.42. The summed E-state index contributed by atoms with van der Waals surface area (Å²) in [4.78, 5) is 0. The second kappa shape index (κ2) is 7.69. The van der Waals surface area contributed by atoms with Crippen LogP contribution in [0.5, 0.6) is 0 Å². The van der Waals surface area contributed by atoms with Gasteiger partial charge in [-0.05, 0) is 37.9 Å². The zero-order valence-corrected chi connectivity index (χ0v) is 14.5. The lowest BCUT2D eigenvalue weighted by molar-refractivity contribution is -0.0494. The lowest BCUT2D eigenvalue weighted by Crippen LogP contribution is -2.44. The normalized spacial score (nSPS) is 34.4. The summed E-state index contributed by atoms with van der Waals surface area (Å²) >= 11 is 4.08. The van der Waals surface area contributed by atoms with E-state index in [0.29, 0.717) is 5.92 Å². The highest BCUT2D eigenvalue weighted by atomic mass is 32.1. The molecule has 0 amide bonds. The van der Waals surface area contributed by atoms with Gasteiger partial charge in [-0.1, -0.05) is 20.3 Å². The molecule has 1 saturated carbocycles. The van der Waals surface area contributed by atoms with E-state index in [1.807, 2.05) is 0 Å². The van der Waals surface area contributed by atoms with Crippen LogP contribution in [0.15, 0.2) is 0 Å². The van der Waals surface area contributed by atoms with Crippen LogP contribution in [-0.4, -0.2) is 36.8 Å². The molecule has 5 unspecified atom stereocenters. The second-order valence-corrected chi connectivity index (χ2v) is 8.89. The van der Waals surface area contributed by atoms with E-state index >= 15 is 0 Å². The van der Waals surface area contributed by atoms with Gasteiger partial charge in [0.1, 0.15) is 0 Å². The summed E-state index contributed by atoms with van der Waals surface area (Å²) in [6, 6.07) is 0. The quantitative estimate of drug-likeness (QED) is 0.448. The zero-order valence-electron chi connectivity index (χ0n) is 12.7. The van der Waals surface area contributed by atoms with E-state index in [0.717, 1.165) is 12.8 Å². The predicted octanol–water partition coefficient (Wildman–Crippen LogP) is 3.26. The van der Waals surface area contributed by atoms with Crippen molar-refractivity contribution in [2.75, 3.05) is 5.49 Å². The van der Waals surface area contributed by atoms with E-state index in [1.165, 1.54) is 0 Å². The molecule has 0 aromatic carbocycles. The first-order valence-electron chi connectivity index (χ1n) is 7.20. The molecule has 116 valence electrons. The van der Waals surface area contributed by atoms with Gasteiger partial charge in [-0.15, -0.1) is 0 Å². The molecule has 0 saturated heterocycles. The van der Waals surface area contributed by atoms with Crippen molar-refractivity contribution in [3.05, 3.63) is 0 Å². The summed E-state index contributed by atoms with van der Waals surface area (Å²) in [6.07, 6.45) is 0.00465. The fourth-order valence-electron chi connectivity index (χ4n) is 2.67. The van der Waals surface area contributed by atoms with E-state index in [-0.39, 0.29) is 23.3 Å².